The third-order valence-corrected chi connectivity index (χ3v) is 9.09. The lowest BCUT2D eigenvalue weighted by molar-refractivity contribution is -0.157. The quantitative estimate of drug-likeness (QED) is 0.448. The number of nitrogens with zero attached hydrogens (tertiary/aromatic N) is 2. The molecule has 1 aliphatic heterocycles. The van der Waals surface area contributed by atoms with Gasteiger partial charge in [-0.15, -0.1) is 11.3 Å². The predicted octanol–water partition coefficient (Wildman–Crippen LogP) is 5.25. The number of carboxylic acid groups (broad SMARTS) is 1. The second kappa shape index (κ2) is 8.72. The van der Waals surface area contributed by atoms with Crippen LogP contribution in [-0.2, 0) is 19.9 Å². The summed E-state index contributed by atoms with van der Waals surface area (Å²) in [6, 6.07) is 16.2. The van der Waals surface area contributed by atoms with Crippen molar-refractivity contribution in [3.63, 3.8) is 0 Å². The zero-order valence-electron chi connectivity index (χ0n) is 18.7. The van der Waals surface area contributed by atoms with Gasteiger partial charge in [-0.25, -0.2) is 14.6 Å². The number of ether oxygens (including phenoxy) is 2. The number of hydrogen-bond acceptors (Lipinski definition) is 6. The number of thiazole rings is 1. The smallest absolute Gasteiger partial charge is 0.410 e. The summed E-state index contributed by atoms with van der Waals surface area (Å²) in [6.07, 6.45) is 0.983. The molecule has 180 valence electrons. The van der Waals surface area contributed by atoms with Gasteiger partial charge in [0.15, 0.2) is 0 Å². The van der Waals surface area contributed by atoms with E-state index in [0.29, 0.717) is 22.6 Å². The fourth-order valence-corrected chi connectivity index (χ4v) is 7.51. The number of carboxylic acids is 1. The highest BCUT2D eigenvalue weighted by molar-refractivity contribution is 9.10. The highest BCUT2D eigenvalue weighted by atomic mass is 79.9. The standard InChI is InChI=1S/C26H23BrN2O5S/c27-22-14-35-24(28-22)26(34-13-23(30)31)10-15-9-21(26)29(11-15)25(32)33-12-20-18-7-3-1-5-16(18)17-6-2-4-8-19(17)20/h1-8,14-15,20-21H,9-13H2,(H,30,31). The van der Waals surface area contributed by atoms with Crippen molar-refractivity contribution in [2.75, 3.05) is 19.8 Å². The van der Waals surface area contributed by atoms with Gasteiger partial charge in [-0.3, -0.25) is 0 Å². The van der Waals surface area contributed by atoms with Crippen molar-refractivity contribution in [2.45, 2.75) is 30.4 Å². The molecule has 1 aromatic heterocycles. The summed E-state index contributed by atoms with van der Waals surface area (Å²) in [5, 5.41) is 11.8. The molecule has 0 spiro atoms. The first-order valence-corrected chi connectivity index (χ1v) is 13.2. The van der Waals surface area contributed by atoms with Crippen LogP contribution in [-0.4, -0.2) is 52.9 Å². The second-order valence-electron chi connectivity index (χ2n) is 9.33. The minimum Gasteiger partial charge on any atom is -0.480 e. The Morgan fingerprint density at radius 2 is 1.83 bits per heavy atom. The molecule has 35 heavy (non-hydrogen) atoms. The molecule has 0 radical (unpaired) electrons. The first kappa shape index (κ1) is 22.7. The Kier molecular flexibility index (Phi) is 5.66. The van der Waals surface area contributed by atoms with Crippen molar-refractivity contribution in [2.24, 2.45) is 5.92 Å². The number of fused-ring (bicyclic) bond motifs is 5. The molecule has 2 bridgehead atoms. The highest BCUT2D eigenvalue weighted by Gasteiger charge is 2.60. The average Bonchev–Trinajstić information content (AvgIpc) is 3.63. The minimum atomic E-state index is -1.05. The van der Waals surface area contributed by atoms with E-state index in [0.717, 1.165) is 17.5 Å². The second-order valence-corrected chi connectivity index (χ2v) is 11.0. The van der Waals surface area contributed by atoms with Gasteiger partial charge in [-0.05, 0) is 56.9 Å². The van der Waals surface area contributed by atoms with Crippen LogP contribution in [0.15, 0.2) is 58.5 Å². The maximum absolute atomic E-state index is 13.4. The first-order chi connectivity index (χ1) is 17.0. The van der Waals surface area contributed by atoms with Crippen LogP contribution in [0.1, 0.15) is 34.9 Å². The van der Waals surface area contributed by atoms with E-state index in [2.05, 4.69) is 45.2 Å². The number of rotatable bonds is 6. The summed E-state index contributed by atoms with van der Waals surface area (Å²) in [5.41, 5.74) is 3.75. The lowest BCUT2D eigenvalue weighted by Gasteiger charge is -2.41. The summed E-state index contributed by atoms with van der Waals surface area (Å²) in [5.74, 6) is -0.860. The van der Waals surface area contributed by atoms with Crippen LogP contribution in [0.3, 0.4) is 0 Å². The maximum Gasteiger partial charge on any atom is 0.410 e. The fraction of sp³-hybridized carbons (Fsp3) is 0.346. The number of halogens is 1. The summed E-state index contributed by atoms with van der Waals surface area (Å²) in [6.45, 7) is 0.373. The molecule has 1 amide bonds. The van der Waals surface area contributed by atoms with Crippen molar-refractivity contribution in [1.29, 1.82) is 0 Å². The molecule has 2 aromatic carbocycles. The van der Waals surface area contributed by atoms with E-state index in [1.165, 1.54) is 22.5 Å². The molecule has 1 saturated carbocycles. The van der Waals surface area contributed by atoms with Gasteiger partial charge in [0.05, 0.1) is 6.04 Å². The molecule has 3 atom stereocenters. The normalized spacial score (nSPS) is 24.4. The third-order valence-electron chi connectivity index (χ3n) is 7.38. The van der Waals surface area contributed by atoms with Crippen LogP contribution in [0.4, 0.5) is 4.79 Å². The Balaban J connectivity index is 1.23. The zero-order chi connectivity index (χ0) is 24.2. The zero-order valence-corrected chi connectivity index (χ0v) is 21.1. The Labute approximate surface area is 214 Å². The number of likely N-dealkylation sites (tertiary alicyclic amines) is 1. The van der Waals surface area contributed by atoms with Gasteiger partial charge < -0.3 is 19.5 Å². The Hall–Kier alpha value is -2.75. The SMILES string of the molecule is O=C(O)COC1(c2nc(Br)cs2)CC2CC1N(C(=O)OCC1c3ccccc3-c3ccccc31)C2. The molecule has 6 rings (SSSR count). The van der Waals surface area contributed by atoms with E-state index in [-0.39, 0.29) is 24.5 Å². The van der Waals surface area contributed by atoms with Crippen LogP contribution in [0.25, 0.3) is 11.1 Å². The first-order valence-electron chi connectivity index (χ1n) is 11.5. The summed E-state index contributed by atoms with van der Waals surface area (Å²) in [7, 11) is 0. The Morgan fingerprint density at radius 3 is 2.43 bits per heavy atom. The number of amides is 1. The van der Waals surface area contributed by atoms with Gasteiger partial charge in [-0.2, -0.15) is 0 Å². The van der Waals surface area contributed by atoms with Gasteiger partial charge >= 0.3 is 12.1 Å². The Morgan fingerprint density at radius 1 is 1.14 bits per heavy atom. The van der Waals surface area contributed by atoms with Gasteiger partial charge in [0, 0.05) is 17.8 Å². The number of piperidine rings is 1. The molecule has 3 aromatic rings. The van der Waals surface area contributed by atoms with Crippen LogP contribution in [0.2, 0.25) is 0 Å². The van der Waals surface area contributed by atoms with E-state index in [9.17, 15) is 14.7 Å². The van der Waals surface area contributed by atoms with Crippen LogP contribution in [0.5, 0.6) is 0 Å². The Bertz CT molecular complexity index is 1270. The molecule has 1 saturated heterocycles. The van der Waals surface area contributed by atoms with E-state index in [4.69, 9.17) is 9.47 Å². The molecular formula is C26H23BrN2O5S. The number of benzene rings is 2. The van der Waals surface area contributed by atoms with Crippen molar-refractivity contribution in [1.82, 2.24) is 9.88 Å². The van der Waals surface area contributed by atoms with Crippen molar-refractivity contribution >= 4 is 39.3 Å². The van der Waals surface area contributed by atoms with E-state index in [1.54, 1.807) is 4.90 Å². The minimum absolute atomic E-state index is 0.0194. The van der Waals surface area contributed by atoms with Crippen molar-refractivity contribution in [3.05, 3.63) is 74.6 Å². The molecule has 3 unspecified atom stereocenters. The molecule has 3 aliphatic rings. The van der Waals surface area contributed by atoms with Crippen LogP contribution >= 0.6 is 27.3 Å². The molecule has 7 nitrogen and oxygen atoms in total. The number of carbonyl (C=O) groups excluding carboxylic acids is 1. The van der Waals surface area contributed by atoms with E-state index < -0.39 is 24.3 Å². The summed E-state index contributed by atoms with van der Waals surface area (Å²) in [4.78, 5) is 31.0. The topological polar surface area (TPSA) is 89.0 Å². The molecule has 2 aliphatic carbocycles. The summed E-state index contributed by atoms with van der Waals surface area (Å²) >= 11 is 4.81. The monoisotopic (exact) mass is 554 g/mol. The molecule has 9 heteroatoms. The molecule has 2 heterocycles. The highest BCUT2D eigenvalue weighted by Crippen LogP contribution is 2.53. The maximum atomic E-state index is 13.4. The number of hydrogen-bond donors (Lipinski definition) is 1. The lowest BCUT2D eigenvalue weighted by Crippen LogP contribution is -2.53. The lowest BCUT2D eigenvalue weighted by atomic mass is 9.93. The molecular weight excluding hydrogens is 532 g/mol. The predicted molar refractivity (Wildman–Crippen MR) is 133 cm³/mol. The van der Waals surface area contributed by atoms with Crippen molar-refractivity contribution in [3.8, 4) is 11.1 Å². The largest absolute Gasteiger partial charge is 0.480 e. The number of aromatic nitrogens is 1. The van der Waals surface area contributed by atoms with Gasteiger partial charge in [0.1, 0.15) is 28.4 Å². The van der Waals surface area contributed by atoms with Crippen molar-refractivity contribution < 1.29 is 24.2 Å². The van der Waals surface area contributed by atoms with Gasteiger partial charge in [0.25, 0.3) is 0 Å². The number of aliphatic carboxylic acids is 1. The van der Waals surface area contributed by atoms with E-state index >= 15 is 0 Å². The van der Waals surface area contributed by atoms with Crippen LogP contribution in [0, 0.1) is 5.92 Å². The van der Waals surface area contributed by atoms with E-state index in [1.807, 2.05) is 29.6 Å². The summed E-state index contributed by atoms with van der Waals surface area (Å²) < 4.78 is 12.6. The molecule has 2 fully saturated rings. The van der Waals surface area contributed by atoms with Crippen LogP contribution < -0.4 is 0 Å². The molecule has 1 N–H and O–H groups in total. The third kappa shape index (κ3) is 3.77. The average molecular weight is 555 g/mol. The van der Waals surface area contributed by atoms with Gasteiger partial charge in [-0.1, -0.05) is 48.5 Å². The van der Waals surface area contributed by atoms with Gasteiger partial charge in [0.2, 0.25) is 0 Å². The number of carbonyl (C=O) groups is 2. The fourth-order valence-electron chi connectivity index (χ4n) is 6.04.